The van der Waals surface area contributed by atoms with Crippen molar-refractivity contribution < 1.29 is 0 Å². The molecule has 5 heteroatoms. The molecule has 2 aromatic heterocycles. The van der Waals surface area contributed by atoms with Crippen LogP contribution in [0.25, 0.3) is 0 Å². The van der Waals surface area contributed by atoms with Gasteiger partial charge in [0.15, 0.2) is 0 Å². The Morgan fingerprint density at radius 1 is 1.32 bits per heavy atom. The number of nitrogens with zero attached hydrogens (tertiary/aromatic N) is 4. The first-order valence-corrected chi connectivity index (χ1v) is 6.93. The van der Waals surface area contributed by atoms with Crippen LogP contribution >= 0.6 is 0 Å². The van der Waals surface area contributed by atoms with E-state index in [4.69, 9.17) is 0 Å². The second-order valence-electron chi connectivity index (χ2n) is 4.77. The highest BCUT2D eigenvalue weighted by molar-refractivity contribution is 5.19. The summed E-state index contributed by atoms with van der Waals surface area (Å²) in [6, 6.07) is 2.35. The van der Waals surface area contributed by atoms with E-state index >= 15 is 0 Å². The summed E-state index contributed by atoms with van der Waals surface area (Å²) in [5.74, 6) is 0. The summed E-state index contributed by atoms with van der Waals surface area (Å²) in [6.45, 7) is 11.1. The van der Waals surface area contributed by atoms with Crippen molar-refractivity contribution in [1.29, 1.82) is 0 Å². The third-order valence-corrected chi connectivity index (χ3v) is 3.47. The molecule has 0 saturated heterocycles. The molecular weight excluding hydrogens is 238 g/mol. The van der Waals surface area contributed by atoms with E-state index in [-0.39, 0.29) is 0 Å². The molecule has 0 amide bonds. The van der Waals surface area contributed by atoms with E-state index < -0.39 is 0 Å². The standard InChI is InChI=1S/C14H23N5/c1-5-18-10-14(12(4)17-18)11(3)15-9-13-7-8-16-19(13)6-2/h7-8,10-11,15H,5-6,9H2,1-4H3. The third-order valence-electron chi connectivity index (χ3n) is 3.47. The number of rotatable bonds is 6. The highest BCUT2D eigenvalue weighted by Crippen LogP contribution is 2.16. The van der Waals surface area contributed by atoms with Crippen LogP contribution in [0.15, 0.2) is 18.5 Å². The summed E-state index contributed by atoms with van der Waals surface area (Å²) in [6.07, 6.45) is 3.98. The number of hydrogen-bond donors (Lipinski definition) is 1. The summed E-state index contributed by atoms with van der Waals surface area (Å²) in [4.78, 5) is 0. The SMILES string of the molecule is CCn1cc(C(C)NCc2ccnn2CC)c(C)n1. The van der Waals surface area contributed by atoms with Crippen LogP contribution in [0, 0.1) is 6.92 Å². The first-order valence-electron chi connectivity index (χ1n) is 6.93. The van der Waals surface area contributed by atoms with Gasteiger partial charge in [0.25, 0.3) is 0 Å². The van der Waals surface area contributed by atoms with Crippen LogP contribution < -0.4 is 5.32 Å². The van der Waals surface area contributed by atoms with Gasteiger partial charge >= 0.3 is 0 Å². The zero-order valence-corrected chi connectivity index (χ0v) is 12.2. The molecule has 2 heterocycles. The van der Waals surface area contributed by atoms with Gasteiger partial charge in [0.2, 0.25) is 0 Å². The summed E-state index contributed by atoms with van der Waals surface area (Å²) in [5.41, 5.74) is 3.59. The van der Waals surface area contributed by atoms with Gasteiger partial charge in [-0.25, -0.2) is 0 Å². The zero-order valence-electron chi connectivity index (χ0n) is 12.2. The maximum atomic E-state index is 4.49. The van der Waals surface area contributed by atoms with Gasteiger partial charge in [-0.15, -0.1) is 0 Å². The maximum absolute atomic E-state index is 4.49. The predicted molar refractivity (Wildman–Crippen MR) is 75.8 cm³/mol. The van der Waals surface area contributed by atoms with Crippen LogP contribution in [0.1, 0.15) is 43.8 Å². The maximum Gasteiger partial charge on any atom is 0.0641 e. The lowest BCUT2D eigenvalue weighted by Crippen LogP contribution is -2.20. The van der Waals surface area contributed by atoms with Crippen LogP contribution in [0.4, 0.5) is 0 Å². The Labute approximate surface area is 114 Å². The van der Waals surface area contributed by atoms with Crippen molar-refractivity contribution in [3.63, 3.8) is 0 Å². The van der Waals surface area contributed by atoms with E-state index in [0.717, 1.165) is 25.3 Å². The molecule has 0 bridgehead atoms. The van der Waals surface area contributed by atoms with Crippen molar-refractivity contribution >= 4 is 0 Å². The normalized spacial score (nSPS) is 12.8. The van der Waals surface area contributed by atoms with Crippen molar-refractivity contribution in [3.05, 3.63) is 35.4 Å². The van der Waals surface area contributed by atoms with Crippen LogP contribution in [0.5, 0.6) is 0 Å². The predicted octanol–water partition coefficient (Wildman–Crippen LogP) is 2.28. The van der Waals surface area contributed by atoms with Crippen LogP contribution in [0.2, 0.25) is 0 Å². The van der Waals surface area contributed by atoms with Gasteiger partial charge < -0.3 is 5.32 Å². The van der Waals surface area contributed by atoms with Crippen molar-refractivity contribution in [2.45, 2.75) is 53.4 Å². The fraction of sp³-hybridized carbons (Fsp3) is 0.571. The number of hydrogen-bond acceptors (Lipinski definition) is 3. The number of aryl methyl sites for hydroxylation is 3. The molecule has 0 radical (unpaired) electrons. The molecule has 1 N–H and O–H groups in total. The average molecular weight is 261 g/mol. The van der Waals surface area contributed by atoms with Crippen molar-refractivity contribution in [3.8, 4) is 0 Å². The molecule has 19 heavy (non-hydrogen) atoms. The Hall–Kier alpha value is -1.62. The summed E-state index contributed by atoms with van der Waals surface area (Å²) in [5, 5.41) is 12.3. The van der Waals surface area contributed by atoms with Crippen LogP contribution in [-0.2, 0) is 19.6 Å². The Morgan fingerprint density at radius 3 is 2.74 bits per heavy atom. The van der Waals surface area contributed by atoms with Gasteiger partial charge in [0.1, 0.15) is 0 Å². The monoisotopic (exact) mass is 261 g/mol. The lowest BCUT2D eigenvalue weighted by atomic mass is 10.1. The van der Waals surface area contributed by atoms with E-state index in [1.807, 2.05) is 15.6 Å². The molecule has 0 aliphatic carbocycles. The minimum Gasteiger partial charge on any atom is -0.304 e. The summed E-state index contributed by atoms with van der Waals surface area (Å²) >= 11 is 0. The minimum atomic E-state index is 0.292. The lowest BCUT2D eigenvalue weighted by Gasteiger charge is -2.13. The molecule has 104 valence electrons. The van der Waals surface area contributed by atoms with E-state index in [1.165, 1.54) is 11.3 Å². The fourth-order valence-electron chi connectivity index (χ4n) is 2.28. The molecule has 0 aliphatic heterocycles. The Balaban J connectivity index is 2.01. The topological polar surface area (TPSA) is 47.7 Å². The van der Waals surface area contributed by atoms with E-state index in [9.17, 15) is 0 Å². The third kappa shape index (κ3) is 3.04. The van der Waals surface area contributed by atoms with E-state index in [0.29, 0.717) is 6.04 Å². The Morgan fingerprint density at radius 2 is 2.11 bits per heavy atom. The van der Waals surface area contributed by atoms with E-state index in [1.54, 1.807) is 0 Å². The highest BCUT2D eigenvalue weighted by atomic mass is 15.3. The fourth-order valence-corrected chi connectivity index (χ4v) is 2.28. The average Bonchev–Trinajstić information content (AvgIpc) is 3.01. The minimum absolute atomic E-state index is 0.292. The molecule has 5 nitrogen and oxygen atoms in total. The second kappa shape index (κ2) is 6.02. The van der Waals surface area contributed by atoms with Gasteiger partial charge in [0.05, 0.1) is 11.4 Å². The smallest absolute Gasteiger partial charge is 0.0641 e. The molecule has 0 aliphatic rings. The van der Waals surface area contributed by atoms with Gasteiger partial charge in [-0.2, -0.15) is 10.2 Å². The van der Waals surface area contributed by atoms with Crippen molar-refractivity contribution in [2.24, 2.45) is 0 Å². The quantitative estimate of drug-likeness (QED) is 0.868. The van der Waals surface area contributed by atoms with Crippen LogP contribution in [0.3, 0.4) is 0 Å². The molecule has 1 unspecified atom stereocenters. The van der Waals surface area contributed by atoms with Crippen molar-refractivity contribution in [1.82, 2.24) is 24.9 Å². The zero-order chi connectivity index (χ0) is 13.8. The lowest BCUT2D eigenvalue weighted by molar-refractivity contribution is 0.530. The van der Waals surface area contributed by atoms with Crippen molar-refractivity contribution in [2.75, 3.05) is 0 Å². The first-order chi connectivity index (χ1) is 9.15. The summed E-state index contributed by atoms with van der Waals surface area (Å²) < 4.78 is 4.00. The molecular formula is C14H23N5. The molecule has 0 spiro atoms. The van der Waals surface area contributed by atoms with Gasteiger partial charge in [-0.1, -0.05) is 0 Å². The largest absolute Gasteiger partial charge is 0.304 e. The first kappa shape index (κ1) is 13.8. The number of aromatic nitrogens is 4. The molecule has 0 saturated carbocycles. The van der Waals surface area contributed by atoms with Gasteiger partial charge in [0, 0.05) is 43.6 Å². The van der Waals surface area contributed by atoms with Gasteiger partial charge in [-0.05, 0) is 33.8 Å². The Bertz CT molecular complexity index is 526. The molecule has 1 atom stereocenters. The number of nitrogens with one attached hydrogen (secondary N) is 1. The molecule has 2 aromatic rings. The Kier molecular flexibility index (Phi) is 4.37. The highest BCUT2D eigenvalue weighted by Gasteiger charge is 2.12. The summed E-state index contributed by atoms with van der Waals surface area (Å²) in [7, 11) is 0. The molecule has 2 rings (SSSR count). The van der Waals surface area contributed by atoms with Gasteiger partial charge in [-0.3, -0.25) is 9.36 Å². The van der Waals surface area contributed by atoms with Crippen LogP contribution in [-0.4, -0.2) is 19.6 Å². The molecule has 0 aromatic carbocycles. The van der Waals surface area contributed by atoms with E-state index in [2.05, 4.69) is 55.5 Å². The molecule has 0 fully saturated rings. The second-order valence-corrected chi connectivity index (χ2v) is 4.77.